The van der Waals surface area contributed by atoms with E-state index in [-0.39, 0.29) is 18.0 Å². The highest BCUT2D eigenvalue weighted by molar-refractivity contribution is 5.95. The van der Waals surface area contributed by atoms with Crippen molar-refractivity contribution in [2.45, 2.75) is 39.2 Å². The fourth-order valence-electron chi connectivity index (χ4n) is 3.09. The SMILES string of the molecule is CCCC(=O)Nc1cccc(NC(=O)NCC2Cc3ccccc3O2)c1C. The summed E-state index contributed by atoms with van der Waals surface area (Å²) in [4.78, 5) is 24.1. The van der Waals surface area contributed by atoms with Crippen molar-refractivity contribution >= 4 is 23.3 Å². The summed E-state index contributed by atoms with van der Waals surface area (Å²) < 4.78 is 5.83. The second-order valence-corrected chi connectivity index (χ2v) is 6.66. The third-order valence-electron chi connectivity index (χ3n) is 4.54. The van der Waals surface area contributed by atoms with Gasteiger partial charge in [0.15, 0.2) is 0 Å². The monoisotopic (exact) mass is 367 g/mol. The van der Waals surface area contributed by atoms with E-state index in [9.17, 15) is 9.59 Å². The Hall–Kier alpha value is -3.02. The second-order valence-electron chi connectivity index (χ2n) is 6.66. The van der Waals surface area contributed by atoms with Gasteiger partial charge in [0.1, 0.15) is 11.9 Å². The number of amides is 3. The number of carbonyl (C=O) groups is 2. The Morgan fingerprint density at radius 2 is 1.81 bits per heavy atom. The molecule has 27 heavy (non-hydrogen) atoms. The molecule has 0 radical (unpaired) electrons. The molecular formula is C21H25N3O3. The van der Waals surface area contributed by atoms with Crippen molar-refractivity contribution in [1.82, 2.24) is 5.32 Å². The van der Waals surface area contributed by atoms with Gasteiger partial charge in [-0.2, -0.15) is 0 Å². The van der Waals surface area contributed by atoms with Gasteiger partial charge in [0.25, 0.3) is 0 Å². The van der Waals surface area contributed by atoms with Crippen LogP contribution in [0, 0.1) is 6.92 Å². The highest BCUT2D eigenvalue weighted by atomic mass is 16.5. The van der Waals surface area contributed by atoms with Crippen molar-refractivity contribution in [3.8, 4) is 5.75 Å². The van der Waals surface area contributed by atoms with Gasteiger partial charge in [-0.3, -0.25) is 4.79 Å². The average molecular weight is 367 g/mol. The van der Waals surface area contributed by atoms with Gasteiger partial charge in [0.05, 0.1) is 6.54 Å². The molecule has 0 saturated heterocycles. The molecule has 0 bridgehead atoms. The Labute approximate surface area is 159 Å². The third kappa shape index (κ3) is 4.78. The lowest BCUT2D eigenvalue weighted by atomic mass is 10.1. The van der Waals surface area contributed by atoms with E-state index in [1.807, 2.05) is 50.2 Å². The van der Waals surface area contributed by atoms with Gasteiger partial charge in [-0.1, -0.05) is 31.2 Å². The Morgan fingerprint density at radius 1 is 1.07 bits per heavy atom. The van der Waals surface area contributed by atoms with Crippen molar-refractivity contribution < 1.29 is 14.3 Å². The molecule has 3 rings (SSSR count). The molecule has 1 aliphatic heterocycles. The van der Waals surface area contributed by atoms with Crippen LogP contribution in [0.25, 0.3) is 0 Å². The summed E-state index contributed by atoms with van der Waals surface area (Å²) in [7, 11) is 0. The van der Waals surface area contributed by atoms with Crippen LogP contribution in [0.1, 0.15) is 30.9 Å². The van der Waals surface area contributed by atoms with Crippen molar-refractivity contribution in [1.29, 1.82) is 0 Å². The number of para-hydroxylation sites is 1. The first kappa shape index (κ1) is 18.8. The predicted octanol–water partition coefficient (Wildman–Crippen LogP) is 3.86. The largest absolute Gasteiger partial charge is 0.488 e. The molecule has 1 unspecified atom stereocenters. The van der Waals surface area contributed by atoms with Gasteiger partial charge in [0.2, 0.25) is 5.91 Å². The lowest BCUT2D eigenvalue weighted by molar-refractivity contribution is -0.116. The molecule has 3 N–H and O–H groups in total. The fourth-order valence-corrected chi connectivity index (χ4v) is 3.09. The first-order chi connectivity index (χ1) is 13.1. The van der Waals surface area contributed by atoms with Gasteiger partial charge in [-0.25, -0.2) is 4.79 Å². The first-order valence-electron chi connectivity index (χ1n) is 9.25. The van der Waals surface area contributed by atoms with Crippen LogP contribution in [0.5, 0.6) is 5.75 Å². The maximum atomic E-state index is 12.3. The van der Waals surface area contributed by atoms with E-state index in [4.69, 9.17) is 4.74 Å². The van der Waals surface area contributed by atoms with Gasteiger partial charge >= 0.3 is 6.03 Å². The minimum Gasteiger partial charge on any atom is -0.488 e. The fraction of sp³-hybridized carbons (Fsp3) is 0.333. The molecule has 0 saturated carbocycles. The first-order valence-corrected chi connectivity index (χ1v) is 9.25. The van der Waals surface area contributed by atoms with E-state index in [2.05, 4.69) is 16.0 Å². The number of anilines is 2. The Morgan fingerprint density at radius 3 is 2.56 bits per heavy atom. The zero-order chi connectivity index (χ0) is 19.2. The number of ether oxygens (including phenoxy) is 1. The quantitative estimate of drug-likeness (QED) is 0.725. The summed E-state index contributed by atoms with van der Waals surface area (Å²) in [6.45, 7) is 4.25. The maximum absolute atomic E-state index is 12.3. The minimum absolute atomic E-state index is 0.0276. The molecule has 0 fully saturated rings. The smallest absolute Gasteiger partial charge is 0.319 e. The van der Waals surface area contributed by atoms with E-state index in [0.717, 1.165) is 29.7 Å². The molecule has 0 aromatic heterocycles. The van der Waals surface area contributed by atoms with Crippen LogP contribution in [-0.4, -0.2) is 24.6 Å². The average Bonchev–Trinajstić information content (AvgIpc) is 3.06. The number of fused-ring (bicyclic) bond motifs is 1. The zero-order valence-electron chi connectivity index (χ0n) is 15.7. The van der Waals surface area contributed by atoms with Crippen LogP contribution in [0.4, 0.5) is 16.2 Å². The number of urea groups is 1. The number of rotatable bonds is 6. The van der Waals surface area contributed by atoms with Gasteiger partial charge < -0.3 is 20.7 Å². The van der Waals surface area contributed by atoms with Crippen LogP contribution in [0.2, 0.25) is 0 Å². The molecule has 142 valence electrons. The van der Waals surface area contributed by atoms with Gasteiger partial charge in [0, 0.05) is 24.2 Å². The topological polar surface area (TPSA) is 79.5 Å². The number of carbonyl (C=O) groups excluding carboxylic acids is 2. The van der Waals surface area contributed by atoms with E-state index < -0.39 is 0 Å². The lowest BCUT2D eigenvalue weighted by Crippen LogP contribution is -2.37. The number of benzene rings is 2. The summed E-state index contributed by atoms with van der Waals surface area (Å²) in [6, 6.07) is 13.1. The van der Waals surface area contributed by atoms with Gasteiger partial charge in [-0.05, 0) is 42.7 Å². The summed E-state index contributed by atoms with van der Waals surface area (Å²) >= 11 is 0. The van der Waals surface area contributed by atoms with Crippen molar-refractivity contribution in [2.24, 2.45) is 0 Å². The normalized spacial score (nSPS) is 14.8. The highest BCUT2D eigenvalue weighted by Gasteiger charge is 2.22. The predicted molar refractivity (Wildman–Crippen MR) is 106 cm³/mol. The van der Waals surface area contributed by atoms with Crippen LogP contribution in [0.15, 0.2) is 42.5 Å². The molecular weight excluding hydrogens is 342 g/mol. The Kier molecular flexibility index (Phi) is 5.96. The number of nitrogens with one attached hydrogen (secondary N) is 3. The van der Waals surface area contributed by atoms with E-state index in [1.54, 1.807) is 6.07 Å². The number of hydrogen-bond acceptors (Lipinski definition) is 3. The molecule has 1 heterocycles. The summed E-state index contributed by atoms with van der Waals surface area (Å²) in [5, 5.41) is 8.58. The molecule has 2 aromatic rings. The van der Waals surface area contributed by atoms with Crippen molar-refractivity contribution in [2.75, 3.05) is 17.2 Å². The van der Waals surface area contributed by atoms with Crippen LogP contribution < -0.4 is 20.7 Å². The maximum Gasteiger partial charge on any atom is 0.319 e. The van der Waals surface area contributed by atoms with Crippen molar-refractivity contribution in [3.63, 3.8) is 0 Å². The van der Waals surface area contributed by atoms with E-state index in [0.29, 0.717) is 24.3 Å². The molecule has 0 aliphatic carbocycles. The zero-order valence-corrected chi connectivity index (χ0v) is 15.7. The second kappa shape index (κ2) is 8.58. The standard InChI is InChI=1S/C21H25N3O3/c1-3-7-20(25)23-17-9-6-10-18(14(17)2)24-21(26)22-13-16-12-15-8-4-5-11-19(15)27-16/h4-6,8-11,16H,3,7,12-13H2,1-2H3,(H,23,25)(H2,22,24,26). The lowest BCUT2D eigenvalue weighted by Gasteiger charge is -2.15. The van der Waals surface area contributed by atoms with Crippen LogP contribution in [-0.2, 0) is 11.2 Å². The Balaban J connectivity index is 1.53. The summed E-state index contributed by atoms with van der Waals surface area (Å²) in [6.07, 6.45) is 1.99. The molecule has 1 aliphatic rings. The van der Waals surface area contributed by atoms with Crippen LogP contribution >= 0.6 is 0 Å². The molecule has 6 heteroatoms. The Bertz CT molecular complexity index is 810. The summed E-state index contributed by atoms with van der Waals surface area (Å²) in [5.41, 5.74) is 3.36. The molecule has 3 amide bonds. The highest BCUT2D eigenvalue weighted by Crippen LogP contribution is 2.28. The number of hydrogen-bond donors (Lipinski definition) is 3. The molecule has 1 atom stereocenters. The molecule has 0 spiro atoms. The van der Waals surface area contributed by atoms with Crippen molar-refractivity contribution in [3.05, 3.63) is 53.6 Å². The van der Waals surface area contributed by atoms with E-state index in [1.165, 1.54) is 0 Å². The summed E-state index contributed by atoms with van der Waals surface area (Å²) in [5.74, 6) is 0.858. The van der Waals surface area contributed by atoms with Gasteiger partial charge in [-0.15, -0.1) is 0 Å². The molecule has 6 nitrogen and oxygen atoms in total. The minimum atomic E-state index is -0.297. The van der Waals surface area contributed by atoms with E-state index >= 15 is 0 Å². The third-order valence-corrected chi connectivity index (χ3v) is 4.54. The van der Waals surface area contributed by atoms with Crippen LogP contribution in [0.3, 0.4) is 0 Å². The molecule has 2 aromatic carbocycles.